The molecular weight excluding hydrogens is 510 g/mol. The lowest BCUT2D eigenvalue weighted by Gasteiger charge is -2.46. The van der Waals surface area contributed by atoms with Crippen LogP contribution >= 0.6 is 0 Å². The number of hydrogen-bond donors (Lipinski definition) is 1. The standard InChI is InChI=1S/C30H41N5O5/c1-20(2)34-12-6-22-23(34)18-21(19-24(22)35-13-7-25(36)31-27(35)38)26(37)32-14-8-30(9-15-32)10-16-33(17-11-30)28(39)40-29(3,4)5/h6,12,18-20H,7-11,13-17H2,1-5H3,(H,31,36,38). The minimum Gasteiger partial charge on any atom is -0.444 e. The van der Waals surface area contributed by atoms with E-state index in [1.807, 2.05) is 44.0 Å². The molecule has 40 heavy (non-hydrogen) atoms. The molecule has 0 atom stereocenters. The summed E-state index contributed by atoms with van der Waals surface area (Å²) in [6.45, 7) is 12.7. The summed E-state index contributed by atoms with van der Waals surface area (Å²) in [6.07, 6.45) is 5.57. The highest BCUT2D eigenvalue weighted by molar-refractivity contribution is 6.11. The number of hydrogen-bond acceptors (Lipinski definition) is 5. The number of anilines is 1. The third kappa shape index (κ3) is 5.53. The van der Waals surface area contributed by atoms with Crippen LogP contribution in [0.4, 0.5) is 15.3 Å². The van der Waals surface area contributed by atoms with Crippen molar-refractivity contribution in [3.63, 3.8) is 0 Å². The van der Waals surface area contributed by atoms with Crippen molar-refractivity contribution in [1.82, 2.24) is 19.7 Å². The van der Waals surface area contributed by atoms with Crippen LogP contribution in [0.2, 0.25) is 0 Å². The molecule has 0 saturated carbocycles. The minimum atomic E-state index is -0.507. The largest absolute Gasteiger partial charge is 0.444 e. The number of aromatic nitrogens is 1. The fraction of sp³-hybridized carbons (Fsp3) is 0.600. The Morgan fingerprint density at radius 3 is 2.15 bits per heavy atom. The molecule has 10 nitrogen and oxygen atoms in total. The summed E-state index contributed by atoms with van der Waals surface area (Å²) in [5.41, 5.74) is 1.71. The van der Waals surface area contributed by atoms with Gasteiger partial charge in [0.2, 0.25) is 5.91 Å². The van der Waals surface area contributed by atoms with Crippen molar-refractivity contribution in [2.45, 2.75) is 78.4 Å². The number of rotatable bonds is 3. The van der Waals surface area contributed by atoms with Gasteiger partial charge >= 0.3 is 12.1 Å². The van der Waals surface area contributed by atoms with Gasteiger partial charge in [0.15, 0.2) is 0 Å². The number of amides is 5. The van der Waals surface area contributed by atoms with E-state index in [2.05, 4.69) is 23.7 Å². The number of imide groups is 1. The van der Waals surface area contributed by atoms with Crippen LogP contribution in [0.5, 0.6) is 0 Å². The van der Waals surface area contributed by atoms with E-state index in [0.29, 0.717) is 37.4 Å². The Kier molecular flexibility index (Phi) is 7.31. The molecule has 0 unspecified atom stereocenters. The third-order valence-corrected chi connectivity index (χ3v) is 8.55. The van der Waals surface area contributed by atoms with Crippen molar-refractivity contribution in [1.29, 1.82) is 0 Å². The zero-order valence-electron chi connectivity index (χ0n) is 24.3. The van der Waals surface area contributed by atoms with Crippen molar-refractivity contribution in [3.8, 4) is 0 Å². The Morgan fingerprint density at radius 2 is 1.57 bits per heavy atom. The maximum absolute atomic E-state index is 13.8. The maximum atomic E-state index is 13.8. The van der Waals surface area contributed by atoms with Crippen LogP contribution in [0.3, 0.4) is 0 Å². The highest BCUT2D eigenvalue weighted by atomic mass is 16.6. The Morgan fingerprint density at radius 1 is 0.950 bits per heavy atom. The zero-order valence-corrected chi connectivity index (χ0v) is 24.3. The summed E-state index contributed by atoms with van der Waals surface area (Å²) < 4.78 is 7.65. The average Bonchev–Trinajstić information content (AvgIpc) is 3.32. The molecule has 10 heteroatoms. The van der Waals surface area contributed by atoms with Crippen LogP contribution in [-0.2, 0) is 9.53 Å². The third-order valence-electron chi connectivity index (χ3n) is 8.55. The number of piperidine rings is 2. The molecule has 5 rings (SSSR count). The van der Waals surface area contributed by atoms with E-state index < -0.39 is 11.6 Å². The first-order valence-electron chi connectivity index (χ1n) is 14.4. The summed E-state index contributed by atoms with van der Waals surface area (Å²) >= 11 is 0. The van der Waals surface area contributed by atoms with Crippen molar-refractivity contribution in [2.24, 2.45) is 5.41 Å². The molecule has 0 aliphatic carbocycles. The molecule has 5 amide bonds. The second-order valence-corrected chi connectivity index (χ2v) is 12.8. The Bertz CT molecular complexity index is 1320. The number of fused-ring (bicyclic) bond motifs is 1. The first kappa shape index (κ1) is 28.0. The van der Waals surface area contributed by atoms with E-state index in [1.165, 1.54) is 0 Å². The molecule has 3 aliphatic heterocycles. The summed E-state index contributed by atoms with van der Waals surface area (Å²) in [5, 5.41) is 3.28. The summed E-state index contributed by atoms with van der Waals surface area (Å²) in [7, 11) is 0. The predicted octanol–water partition coefficient (Wildman–Crippen LogP) is 4.92. The number of nitrogens with zero attached hydrogens (tertiary/aromatic N) is 4. The molecule has 3 saturated heterocycles. The van der Waals surface area contributed by atoms with Crippen LogP contribution in [0.25, 0.3) is 10.9 Å². The smallest absolute Gasteiger partial charge is 0.410 e. The number of urea groups is 1. The number of carbonyl (C=O) groups excluding carboxylic acids is 4. The molecule has 3 fully saturated rings. The maximum Gasteiger partial charge on any atom is 0.410 e. The molecule has 216 valence electrons. The van der Waals surface area contributed by atoms with Gasteiger partial charge in [-0.2, -0.15) is 0 Å². The monoisotopic (exact) mass is 551 g/mol. The van der Waals surface area contributed by atoms with Gasteiger partial charge < -0.3 is 19.1 Å². The fourth-order valence-corrected chi connectivity index (χ4v) is 6.19. The molecule has 0 radical (unpaired) electrons. The quantitative estimate of drug-likeness (QED) is 0.583. The SMILES string of the molecule is CC(C)n1ccc2c(N3CCC(=O)NC3=O)cc(C(=O)N3CCC4(CCN(C(=O)OC(C)(C)C)CC4)CC3)cc21. The van der Waals surface area contributed by atoms with Gasteiger partial charge in [0, 0.05) is 62.3 Å². The van der Waals surface area contributed by atoms with E-state index >= 15 is 0 Å². The summed E-state index contributed by atoms with van der Waals surface area (Å²) in [6, 6.07) is 5.41. The van der Waals surface area contributed by atoms with Crippen LogP contribution < -0.4 is 10.2 Å². The first-order valence-corrected chi connectivity index (χ1v) is 14.4. The number of carbonyl (C=O) groups is 4. The lowest BCUT2D eigenvalue weighted by atomic mass is 9.71. The Balaban J connectivity index is 1.32. The van der Waals surface area contributed by atoms with Gasteiger partial charge in [0.25, 0.3) is 5.91 Å². The van der Waals surface area contributed by atoms with Gasteiger partial charge in [-0.25, -0.2) is 9.59 Å². The van der Waals surface area contributed by atoms with Crippen LogP contribution in [0, 0.1) is 5.41 Å². The highest BCUT2D eigenvalue weighted by Gasteiger charge is 2.40. The molecule has 1 spiro atoms. The van der Waals surface area contributed by atoms with Gasteiger partial charge in [0.05, 0.1) is 11.2 Å². The molecule has 4 heterocycles. The van der Waals surface area contributed by atoms with Crippen molar-refractivity contribution >= 4 is 40.5 Å². The van der Waals surface area contributed by atoms with Crippen LogP contribution in [0.15, 0.2) is 24.4 Å². The van der Waals surface area contributed by atoms with E-state index in [0.717, 1.165) is 36.6 Å². The van der Waals surface area contributed by atoms with E-state index in [9.17, 15) is 19.2 Å². The molecule has 1 aromatic carbocycles. The Hall–Kier alpha value is -3.56. The minimum absolute atomic E-state index is 0.0470. The molecule has 3 aliphatic rings. The molecule has 1 N–H and O–H groups in total. The average molecular weight is 552 g/mol. The lowest BCUT2D eigenvalue weighted by molar-refractivity contribution is -0.120. The normalized spacial score (nSPS) is 19.9. The van der Waals surface area contributed by atoms with Crippen molar-refractivity contribution < 1.29 is 23.9 Å². The van der Waals surface area contributed by atoms with Crippen molar-refractivity contribution in [2.75, 3.05) is 37.6 Å². The van der Waals surface area contributed by atoms with Gasteiger partial charge in [-0.15, -0.1) is 0 Å². The second-order valence-electron chi connectivity index (χ2n) is 12.8. The highest BCUT2D eigenvalue weighted by Crippen LogP contribution is 2.42. The van der Waals surface area contributed by atoms with E-state index in [1.54, 1.807) is 15.9 Å². The van der Waals surface area contributed by atoms with Gasteiger partial charge in [-0.05, 0) is 83.9 Å². The number of likely N-dealkylation sites (tertiary alicyclic amines) is 2. The number of nitrogens with one attached hydrogen (secondary N) is 1. The van der Waals surface area contributed by atoms with E-state index in [-0.39, 0.29) is 42.3 Å². The van der Waals surface area contributed by atoms with Gasteiger partial charge in [-0.3, -0.25) is 19.8 Å². The number of benzene rings is 1. The molecular formula is C30H41N5O5. The van der Waals surface area contributed by atoms with Crippen LogP contribution in [0.1, 0.15) is 83.1 Å². The Labute approximate surface area is 235 Å². The predicted molar refractivity (Wildman–Crippen MR) is 152 cm³/mol. The van der Waals surface area contributed by atoms with E-state index in [4.69, 9.17) is 4.74 Å². The van der Waals surface area contributed by atoms with Gasteiger partial charge in [0.1, 0.15) is 5.60 Å². The summed E-state index contributed by atoms with van der Waals surface area (Å²) in [4.78, 5) is 56.1. The topological polar surface area (TPSA) is 104 Å². The zero-order chi connectivity index (χ0) is 28.8. The fourth-order valence-electron chi connectivity index (χ4n) is 6.19. The van der Waals surface area contributed by atoms with Crippen LogP contribution in [-0.4, -0.2) is 76.6 Å². The molecule has 0 bridgehead atoms. The lowest BCUT2D eigenvalue weighted by Crippen LogP contribution is -2.50. The molecule has 2 aromatic rings. The molecule has 1 aromatic heterocycles. The first-order chi connectivity index (χ1) is 18.9. The summed E-state index contributed by atoms with van der Waals surface area (Å²) in [5.74, 6) is -0.335. The van der Waals surface area contributed by atoms with Crippen molar-refractivity contribution in [3.05, 3.63) is 30.0 Å². The number of ether oxygens (including phenoxy) is 1. The second kappa shape index (κ2) is 10.4. The van der Waals surface area contributed by atoms with Gasteiger partial charge in [-0.1, -0.05) is 0 Å².